The number of nitrogens with one attached hydrogen (secondary N) is 1. The molecule has 2 aromatic rings. The van der Waals surface area contributed by atoms with Gasteiger partial charge in [-0.2, -0.15) is 0 Å². The fraction of sp³-hybridized carbons (Fsp3) is 0.389. The maximum Gasteiger partial charge on any atom is 0.254 e. The number of aryl methyl sites for hydroxylation is 1. The largest absolute Gasteiger partial charge is 0.363 e. The van der Waals surface area contributed by atoms with Crippen molar-refractivity contribution in [1.82, 2.24) is 10.1 Å². The molecule has 0 aliphatic rings. The average Bonchev–Trinajstić information content (AvgIpc) is 3.07. The third-order valence-corrected chi connectivity index (χ3v) is 3.73. The van der Waals surface area contributed by atoms with E-state index < -0.39 is 0 Å². The number of aromatic nitrogens is 1. The van der Waals surface area contributed by atoms with Gasteiger partial charge in [0.25, 0.3) is 5.91 Å². The molecule has 6 heteroatoms. The van der Waals surface area contributed by atoms with Crippen LogP contribution in [0.3, 0.4) is 0 Å². The lowest BCUT2D eigenvalue weighted by atomic mass is 10.1. The van der Waals surface area contributed by atoms with Crippen LogP contribution in [0.2, 0.25) is 0 Å². The highest BCUT2D eigenvalue weighted by molar-refractivity contribution is 5.99. The molecule has 2 amide bonds. The van der Waals surface area contributed by atoms with E-state index in [0.29, 0.717) is 17.9 Å². The van der Waals surface area contributed by atoms with Gasteiger partial charge in [0.15, 0.2) is 5.82 Å². The summed E-state index contributed by atoms with van der Waals surface area (Å²) in [5.41, 5.74) is 1.53. The second-order valence-electron chi connectivity index (χ2n) is 5.68. The highest BCUT2D eigenvalue weighted by Gasteiger charge is 2.20. The molecular formula is C18H23N3O3. The number of benzene rings is 1. The smallest absolute Gasteiger partial charge is 0.254 e. The standard InChI is InChI=1S/C18H23N3O3/c1-3-4-7-11-21(13-17(22)19-16-10-12-24-20-16)18(23)15-9-6-5-8-14(15)2/h5-6,8-10,12H,3-4,7,11,13H2,1-2H3,(H,19,20,22). The Kier molecular flexibility index (Phi) is 6.54. The van der Waals surface area contributed by atoms with Gasteiger partial charge in [0, 0.05) is 18.2 Å². The van der Waals surface area contributed by atoms with E-state index in [1.54, 1.807) is 17.0 Å². The first-order chi connectivity index (χ1) is 11.6. The van der Waals surface area contributed by atoms with E-state index in [4.69, 9.17) is 0 Å². The zero-order chi connectivity index (χ0) is 17.4. The minimum Gasteiger partial charge on any atom is -0.363 e. The molecule has 0 saturated carbocycles. The minimum absolute atomic E-state index is 0.0102. The van der Waals surface area contributed by atoms with Crippen molar-refractivity contribution in [2.75, 3.05) is 18.4 Å². The van der Waals surface area contributed by atoms with Crippen molar-refractivity contribution in [2.45, 2.75) is 33.1 Å². The third-order valence-electron chi connectivity index (χ3n) is 3.73. The van der Waals surface area contributed by atoms with Gasteiger partial charge in [-0.05, 0) is 25.0 Å². The summed E-state index contributed by atoms with van der Waals surface area (Å²) < 4.78 is 4.69. The van der Waals surface area contributed by atoms with Crippen LogP contribution in [0, 0.1) is 6.92 Å². The maximum absolute atomic E-state index is 12.8. The number of amides is 2. The summed E-state index contributed by atoms with van der Waals surface area (Å²) in [6.45, 7) is 4.54. The van der Waals surface area contributed by atoms with Gasteiger partial charge in [0.1, 0.15) is 12.8 Å². The minimum atomic E-state index is -0.290. The first-order valence-electron chi connectivity index (χ1n) is 8.17. The Bertz CT molecular complexity index is 668. The van der Waals surface area contributed by atoms with Gasteiger partial charge in [-0.15, -0.1) is 0 Å². The molecule has 0 bridgehead atoms. The van der Waals surface area contributed by atoms with E-state index >= 15 is 0 Å². The molecule has 128 valence electrons. The number of carbonyl (C=O) groups excluding carboxylic acids is 2. The molecule has 1 aromatic heterocycles. The molecule has 0 atom stereocenters. The highest BCUT2D eigenvalue weighted by Crippen LogP contribution is 2.12. The van der Waals surface area contributed by atoms with E-state index in [1.807, 2.05) is 25.1 Å². The second kappa shape index (κ2) is 8.86. The topological polar surface area (TPSA) is 75.4 Å². The Morgan fingerprint density at radius 2 is 2.00 bits per heavy atom. The molecule has 0 aliphatic carbocycles. The second-order valence-corrected chi connectivity index (χ2v) is 5.68. The van der Waals surface area contributed by atoms with Gasteiger partial charge >= 0.3 is 0 Å². The number of carbonyl (C=O) groups is 2. The lowest BCUT2D eigenvalue weighted by Gasteiger charge is -2.23. The van der Waals surface area contributed by atoms with Crippen LogP contribution < -0.4 is 5.32 Å². The molecule has 0 saturated heterocycles. The Hall–Kier alpha value is -2.63. The van der Waals surface area contributed by atoms with Crippen LogP contribution in [0.25, 0.3) is 0 Å². The van der Waals surface area contributed by atoms with Gasteiger partial charge in [-0.3, -0.25) is 9.59 Å². The zero-order valence-corrected chi connectivity index (χ0v) is 14.1. The summed E-state index contributed by atoms with van der Waals surface area (Å²) in [5.74, 6) is -0.0707. The monoisotopic (exact) mass is 329 g/mol. The molecule has 2 rings (SSSR count). The molecule has 0 fully saturated rings. The number of hydrogen-bond donors (Lipinski definition) is 1. The molecule has 1 heterocycles. The van der Waals surface area contributed by atoms with Crippen LogP contribution in [0.1, 0.15) is 42.1 Å². The van der Waals surface area contributed by atoms with Crippen LogP contribution in [0.5, 0.6) is 0 Å². The van der Waals surface area contributed by atoms with Crippen molar-refractivity contribution < 1.29 is 14.1 Å². The summed E-state index contributed by atoms with van der Waals surface area (Å²) in [7, 11) is 0. The lowest BCUT2D eigenvalue weighted by Crippen LogP contribution is -2.39. The van der Waals surface area contributed by atoms with Crippen molar-refractivity contribution >= 4 is 17.6 Å². The number of hydrogen-bond acceptors (Lipinski definition) is 4. The lowest BCUT2D eigenvalue weighted by molar-refractivity contribution is -0.117. The Labute approximate surface area is 141 Å². The summed E-state index contributed by atoms with van der Waals surface area (Å²) in [6.07, 6.45) is 4.32. The number of unbranched alkanes of at least 4 members (excludes halogenated alkanes) is 2. The van der Waals surface area contributed by atoms with Crippen LogP contribution >= 0.6 is 0 Å². The Morgan fingerprint density at radius 3 is 2.67 bits per heavy atom. The van der Waals surface area contributed by atoms with E-state index in [1.165, 1.54) is 6.26 Å². The van der Waals surface area contributed by atoms with Gasteiger partial charge in [0.2, 0.25) is 5.91 Å². The molecule has 0 unspecified atom stereocenters. The summed E-state index contributed by atoms with van der Waals surface area (Å²) >= 11 is 0. The maximum atomic E-state index is 12.8. The predicted molar refractivity (Wildman–Crippen MR) is 91.7 cm³/mol. The van der Waals surface area contributed by atoms with E-state index in [-0.39, 0.29) is 18.4 Å². The van der Waals surface area contributed by atoms with Gasteiger partial charge < -0.3 is 14.7 Å². The molecule has 0 radical (unpaired) electrons. The summed E-state index contributed by atoms with van der Waals surface area (Å²) in [5, 5.41) is 6.27. The van der Waals surface area contributed by atoms with E-state index in [9.17, 15) is 9.59 Å². The molecule has 24 heavy (non-hydrogen) atoms. The normalized spacial score (nSPS) is 10.4. The van der Waals surface area contributed by atoms with Crippen LogP contribution in [-0.2, 0) is 4.79 Å². The number of rotatable bonds is 8. The van der Waals surface area contributed by atoms with Gasteiger partial charge in [-0.1, -0.05) is 43.1 Å². The fourth-order valence-corrected chi connectivity index (χ4v) is 2.42. The SMILES string of the molecule is CCCCCN(CC(=O)Nc1ccon1)C(=O)c1ccccc1C. The number of anilines is 1. The van der Waals surface area contributed by atoms with Crippen molar-refractivity contribution in [2.24, 2.45) is 0 Å². The Balaban J connectivity index is 2.07. The molecule has 6 nitrogen and oxygen atoms in total. The molecule has 1 aromatic carbocycles. The Morgan fingerprint density at radius 1 is 1.21 bits per heavy atom. The first kappa shape index (κ1) is 17.7. The van der Waals surface area contributed by atoms with Crippen molar-refractivity contribution in [3.63, 3.8) is 0 Å². The highest BCUT2D eigenvalue weighted by atomic mass is 16.5. The van der Waals surface area contributed by atoms with Crippen molar-refractivity contribution in [3.8, 4) is 0 Å². The molecular weight excluding hydrogens is 306 g/mol. The molecule has 1 N–H and O–H groups in total. The quantitative estimate of drug-likeness (QED) is 0.754. The van der Waals surface area contributed by atoms with Crippen LogP contribution in [0.15, 0.2) is 41.1 Å². The van der Waals surface area contributed by atoms with E-state index in [2.05, 4.69) is 21.9 Å². The van der Waals surface area contributed by atoms with Gasteiger partial charge in [0.05, 0.1) is 0 Å². The molecule has 0 spiro atoms. The van der Waals surface area contributed by atoms with E-state index in [0.717, 1.165) is 24.8 Å². The van der Waals surface area contributed by atoms with Crippen molar-refractivity contribution in [1.29, 1.82) is 0 Å². The van der Waals surface area contributed by atoms with Crippen LogP contribution in [-0.4, -0.2) is 35.0 Å². The zero-order valence-electron chi connectivity index (χ0n) is 14.1. The average molecular weight is 329 g/mol. The summed E-state index contributed by atoms with van der Waals surface area (Å²) in [4.78, 5) is 26.6. The van der Waals surface area contributed by atoms with Crippen molar-refractivity contribution in [3.05, 3.63) is 47.7 Å². The summed E-state index contributed by atoms with van der Waals surface area (Å²) in [6, 6.07) is 8.97. The van der Waals surface area contributed by atoms with Gasteiger partial charge in [-0.25, -0.2) is 0 Å². The fourth-order valence-electron chi connectivity index (χ4n) is 2.42. The first-order valence-corrected chi connectivity index (χ1v) is 8.17. The molecule has 0 aliphatic heterocycles. The number of nitrogens with zero attached hydrogens (tertiary/aromatic N) is 2. The third kappa shape index (κ3) is 4.94. The van der Waals surface area contributed by atoms with Crippen LogP contribution in [0.4, 0.5) is 5.82 Å². The predicted octanol–water partition coefficient (Wildman–Crippen LogP) is 3.25.